The first kappa shape index (κ1) is 13.0. The monoisotopic (exact) mass is 273 g/mol. The maximum atomic E-state index is 12.0. The number of nitrogens with one attached hydrogen (secondary N) is 1. The van der Waals surface area contributed by atoms with Gasteiger partial charge in [-0.05, 0) is 12.8 Å². The summed E-state index contributed by atoms with van der Waals surface area (Å²) < 4.78 is 27.9. The van der Waals surface area contributed by atoms with Crippen molar-refractivity contribution in [2.24, 2.45) is 13.0 Å². The summed E-state index contributed by atoms with van der Waals surface area (Å²) in [6.07, 6.45) is 4.53. The van der Waals surface area contributed by atoms with Crippen LogP contribution in [0.5, 0.6) is 0 Å². The SMILES string of the molecule is Cn1cnc(S(=O)(=O)NC2CCCC2C(=O)O)c1. The first-order valence-electron chi connectivity index (χ1n) is 5.63. The molecule has 0 aromatic carbocycles. The van der Waals surface area contributed by atoms with Gasteiger partial charge in [0.05, 0.1) is 12.2 Å². The van der Waals surface area contributed by atoms with Crippen molar-refractivity contribution >= 4 is 16.0 Å². The van der Waals surface area contributed by atoms with Gasteiger partial charge < -0.3 is 9.67 Å². The van der Waals surface area contributed by atoms with Gasteiger partial charge in [0.15, 0.2) is 5.03 Å². The molecule has 1 aliphatic rings. The second-order valence-corrected chi connectivity index (χ2v) is 6.14. The summed E-state index contributed by atoms with van der Waals surface area (Å²) in [5.74, 6) is -1.61. The van der Waals surface area contributed by atoms with Crippen LogP contribution in [0, 0.1) is 5.92 Å². The Morgan fingerprint density at radius 1 is 1.56 bits per heavy atom. The summed E-state index contributed by atoms with van der Waals surface area (Å²) in [7, 11) is -2.07. The molecule has 0 spiro atoms. The van der Waals surface area contributed by atoms with E-state index in [-0.39, 0.29) is 5.03 Å². The standard InChI is InChI=1S/C10H15N3O4S/c1-13-5-9(11-6-13)18(16,17)12-8-4-2-3-7(8)10(14)15/h5-8,12H,2-4H2,1H3,(H,14,15). The molecule has 0 radical (unpaired) electrons. The number of aliphatic carboxylic acids is 1. The van der Waals surface area contributed by atoms with Crippen molar-refractivity contribution in [2.75, 3.05) is 0 Å². The molecule has 0 saturated heterocycles. The average Bonchev–Trinajstić information content (AvgIpc) is 2.86. The number of imidazole rings is 1. The van der Waals surface area contributed by atoms with Gasteiger partial charge in [0, 0.05) is 19.3 Å². The maximum absolute atomic E-state index is 12.0. The third-order valence-corrected chi connectivity index (χ3v) is 4.47. The minimum Gasteiger partial charge on any atom is -0.481 e. The van der Waals surface area contributed by atoms with Crippen molar-refractivity contribution in [1.82, 2.24) is 14.3 Å². The number of hydrogen-bond acceptors (Lipinski definition) is 4. The van der Waals surface area contributed by atoms with E-state index in [1.807, 2.05) is 0 Å². The molecule has 2 rings (SSSR count). The molecule has 100 valence electrons. The first-order valence-corrected chi connectivity index (χ1v) is 7.11. The number of hydrogen-bond donors (Lipinski definition) is 2. The Hall–Kier alpha value is -1.41. The van der Waals surface area contributed by atoms with Crippen molar-refractivity contribution in [1.29, 1.82) is 0 Å². The zero-order chi connectivity index (χ0) is 13.3. The summed E-state index contributed by atoms with van der Waals surface area (Å²) in [5.41, 5.74) is 0. The molecular weight excluding hydrogens is 258 g/mol. The summed E-state index contributed by atoms with van der Waals surface area (Å²) in [6.45, 7) is 0. The molecule has 18 heavy (non-hydrogen) atoms. The highest BCUT2D eigenvalue weighted by atomic mass is 32.2. The number of rotatable bonds is 4. The second kappa shape index (κ2) is 4.69. The highest BCUT2D eigenvalue weighted by molar-refractivity contribution is 7.89. The van der Waals surface area contributed by atoms with Crippen LogP contribution >= 0.6 is 0 Å². The van der Waals surface area contributed by atoms with E-state index in [1.54, 1.807) is 7.05 Å². The van der Waals surface area contributed by atoms with Crippen molar-refractivity contribution in [2.45, 2.75) is 30.3 Å². The number of carboxylic acids is 1. The quantitative estimate of drug-likeness (QED) is 0.801. The van der Waals surface area contributed by atoms with Crippen molar-refractivity contribution in [3.63, 3.8) is 0 Å². The summed E-state index contributed by atoms with van der Waals surface area (Å²) in [6, 6.07) is -0.547. The molecule has 0 bridgehead atoms. The lowest BCUT2D eigenvalue weighted by Crippen LogP contribution is -2.40. The lowest BCUT2D eigenvalue weighted by Gasteiger charge is -2.16. The van der Waals surface area contributed by atoms with Gasteiger partial charge in [-0.1, -0.05) is 6.42 Å². The van der Waals surface area contributed by atoms with Gasteiger partial charge in [0.1, 0.15) is 0 Å². The molecule has 8 heteroatoms. The lowest BCUT2D eigenvalue weighted by atomic mass is 10.1. The third-order valence-electron chi connectivity index (χ3n) is 3.10. The molecular formula is C10H15N3O4S. The fraction of sp³-hybridized carbons (Fsp3) is 0.600. The van der Waals surface area contributed by atoms with Gasteiger partial charge in [-0.15, -0.1) is 0 Å². The van der Waals surface area contributed by atoms with Crippen LogP contribution in [0.3, 0.4) is 0 Å². The molecule has 0 amide bonds. The minimum absolute atomic E-state index is 0.0824. The minimum atomic E-state index is -3.73. The summed E-state index contributed by atoms with van der Waals surface area (Å²) in [4.78, 5) is 14.7. The van der Waals surface area contributed by atoms with Gasteiger partial charge in [0.25, 0.3) is 10.0 Å². The van der Waals surface area contributed by atoms with E-state index in [9.17, 15) is 13.2 Å². The van der Waals surface area contributed by atoms with Crippen LogP contribution in [0.4, 0.5) is 0 Å². The van der Waals surface area contributed by atoms with Crippen LogP contribution in [-0.4, -0.2) is 35.1 Å². The van der Waals surface area contributed by atoms with Crippen LogP contribution in [-0.2, 0) is 21.9 Å². The molecule has 2 atom stereocenters. The zero-order valence-corrected chi connectivity index (χ0v) is 10.7. The summed E-state index contributed by atoms with van der Waals surface area (Å²) in [5, 5.41) is 8.92. The number of sulfonamides is 1. The Morgan fingerprint density at radius 2 is 2.28 bits per heavy atom. The van der Waals surface area contributed by atoms with Crippen LogP contribution in [0.1, 0.15) is 19.3 Å². The fourth-order valence-corrected chi connectivity index (χ4v) is 3.48. The third kappa shape index (κ3) is 2.54. The molecule has 2 unspecified atom stereocenters. The van der Waals surface area contributed by atoms with E-state index < -0.39 is 28.0 Å². The molecule has 1 aromatic heterocycles. The van der Waals surface area contributed by atoms with Crippen LogP contribution < -0.4 is 4.72 Å². The summed E-state index contributed by atoms with van der Waals surface area (Å²) >= 11 is 0. The number of aromatic nitrogens is 2. The van der Waals surface area contributed by atoms with Crippen molar-refractivity contribution in [3.8, 4) is 0 Å². The highest BCUT2D eigenvalue weighted by Crippen LogP contribution is 2.27. The zero-order valence-electron chi connectivity index (χ0n) is 9.91. The Kier molecular flexibility index (Phi) is 3.40. The maximum Gasteiger partial charge on any atom is 0.308 e. The van der Waals surface area contributed by atoms with Gasteiger partial charge in [-0.3, -0.25) is 4.79 Å². The van der Waals surface area contributed by atoms with Crippen LogP contribution in [0.25, 0.3) is 0 Å². The normalized spacial score (nSPS) is 24.3. The van der Waals surface area contributed by atoms with Crippen molar-refractivity contribution < 1.29 is 18.3 Å². The molecule has 1 aromatic rings. The average molecular weight is 273 g/mol. The lowest BCUT2D eigenvalue weighted by molar-refractivity contribution is -0.141. The van der Waals surface area contributed by atoms with E-state index >= 15 is 0 Å². The molecule has 1 saturated carbocycles. The molecule has 7 nitrogen and oxygen atoms in total. The molecule has 0 aliphatic heterocycles. The van der Waals surface area contributed by atoms with Crippen LogP contribution in [0.15, 0.2) is 17.6 Å². The Bertz CT molecular complexity index is 551. The smallest absolute Gasteiger partial charge is 0.308 e. The molecule has 1 fully saturated rings. The number of carbonyl (C=O) groups is 1. The Labute approximate surface area is 105 Å². The number of nitrogens with zero attached hydrogens (tertiary/aromatic N) is 2. The first-order chi connectivity index (χ1) is 8.40. The van der Waals surface area contributed by atoms with Gasteiger partial charge in [-0.25, -0.2) is 18.1 Å². The second-order valence-electron chi connectivity index (χ2n) is 4.48. The number of carboxylic acid groups (broad SMARTS) is 1. The van der Waals surface area contributed by atoms with E-state index in [2.05, 4.69) is 9.71 Å². The Morgan fingerprint density at radius 3 is 2.83 bits per heavy atom. The number of aryl methyl sites for hydroxylation is 1. The van der Waals surface area contributed by atoms with E-state index in [0.717, 1.165) is 0 Å². The molecule has 1 aliphatic carbocycles. The fourth-order valence-electron chi connectivity index (χ4n) is 2.18. The van der Waals surface area contributed by atoms with Gasteiger partial charge >= 0.3 is 5.97 Å². The predicted molar refractivity (Wildman–Crippen MR) is 62.3 cm³/mol. The Balaban J connectivity index is 2.16. The predicted octanol–water partition coefficient (Wildman–Crippen LogP) is -0.0483. The molecule has 2 N–H and O–H groups in total. The van der Waals surface area contributed by atoms with E-state index in [0.29, 0.717) is 19.3 Å². The van der Waals surface area contributed by atoms with Gasteiger partial charge in [-0.2, -0.15) is 0 Å². The van der Waals surface area contributed by atoms with E-state index in [4.69, 9.17) is 5.11 Å². The van der Waals surface area contributed by atoms with Crippen molar-refractivity contribution in [3.05, 3.63) is 12.5 Å². The topological polar surface area (TPSA) is 101 Å². The van der Waals surface area contributed by atoms with Crippen LogP contribution in [0.2, 0.25) is 0 Å². The largest absolute Gasteiger partial charge is 0.481 e. The molecule has 1 heterocycles. The highest BCUT2D eigenvalue weighted by Gasteiger charge is 2.36. The van der Waals surface area contributed by atoms with Gasteiger partial charge in [0.2, 0.25) is 0 Å². The van der Waals surface area contributed by atoms with E-state index in [1.165, 1.54) is 17.1 Å².